The lowest BCUT2D eigenvalue weighted by atomic mass is 10.1. The summed E-state index contributed by atoms with van der Waals surface area (Å²) in [5.41, 5.74) is 1.24. The third-order valence-corrected chi connectivity index (χ3v) is 1.69. The Morgan fingerprint density at radius 2 is 2.55 bits per heavy atom. The van der Waals surface area contributed by atoms with Gasteiger partial charge in [0.1, 0.15) is 7.11 Å². The van der Waals surface area contributed by atoms with E-state index in [1.165, 1.54) is 5.57 Å². The maximum absolute atomic E-state index is 4.59. The topological polar surface area (TPSA) is 24.8 Å². The van der Waals surface area contributed by atoms with Gasteiger partial charge < -0.3 is 9.74 Å². The van der Waals surface area contributed by atoms with Gasteiger partial charge in [0.05, 0.1) is 6.21 Å². The first-order valence-electron chi connectivity index (χ1n) is 3.77. The molecule has 0 atom stereocenters. The Kier molecular flexibility index (Phi) is 3.11. The summed E-state index contributed by atoms with van der Waals surface area (Å²) in [6.45, 7) is 2.12. The molecule has 0 bridgehead atoms. The van der Waals surface area contributed by atoms with Crippen LogP contribution in [0, 0.1) is 0 Å². The van der Waals surface area contributed by atoms with Crippen LogP contribution in [0.5, 0.6) is 0 Å². The fraction of sp³-hybridized carbons (Fsp3) is 0.625. The maximum atomic E-state index is 4.59. The van der Waals surface area contributed by atoms with Crippen LogP contribution in [-0.4, -0.2) is 38.4 Å². The van der Waals surface area contributed by atoms with Crippen molar-refractivity contribution in [2.45, 2.75) is 6.42 Å². The SMILES string of the molecule is CO/N=C\C1=CCCN(C)C1. The van der Waals surface area contributed by atoms with E-state index in [-0.39, 0.29) is 0 Å². The summed E-state index contributed by atoms with van der Waals surface area (Å²) in [6, 6.07) is 0. The van der Waals surface area contributed by atoms with E-state index in [1.54, 1.807) is 13.3 Å². The number of hydrogen-bond donors (Lipinski definition) is 0. The lowest BCUT2D eigenvalue weighted by Gasteiger charge is -2.20. The number of hydrogen-bond acceptors (Lipinski definition) is 3. The molecule has 1 heterocycles. The van der Waals surface area contributed by atoms with Gasteiger partial charge in [0.25, 0.3) is 0 Å². The first kappa shape index (κ1) is 8.27. The van der Waals surface area contributed by atoms with Crippen molar-refractivity contribution in [2.75, 3.05) is 27.2 Å². The van der Waals surface area contributed by atoms with Crippen LogP contribution in [-0.2, 0) is 4.84 Å². The molecule has 1 aliphatic rings. The average Bonchev–Trinajstić information content (AvgIpc) is 2.01. The van der Waals surface area contributed by atoms with Gasteiger partial charge in [0, 0.05) is 13.1 Å². The van der Waals surface area contributed by atoms with Crippen LogP contribution in [0.3, 0.4) is 0 Å². The van der Waals surface area contributed by atoms with Crippen LogP contribution in [0.25, 0.3) is 0 Å². The molecule has 0 aromatic rings. The lowest BCUT2D eigenvalue weighted by Crippen LogP contribution is -2.25. The molecule has 62 valence electrons. The minimum absolute atomic E-state index is 0.979. The normalized spacial score (nSPS) is 20.4. The van der Waals surface area contributed by atoms with E-state index < -0.39 is 0 Å². The van der Waals surface area contributed by atoms with Crippen molar-refractivity contribution < 1.29 is 4.84 Å². The Morgan fingerprint density at radius 3 is 3.18 bits per heavy atom. The zero-order valence-electron chi connectivity index (χ0n) is 7.08. The fourth-order valence-corrected chi connectivity index (χ4v) is 1.14. The fourth-order valence-electron chi connectivity index (χ4n) is 1.14. The molecule has 0 unspecified atom stereocenters. The number of likely N-dealkylation sites (N-methyl/N-ethyl adjacent to an activating group) is 1. The van der Waals surface area contributed by atoms with Crippen LogP contribution < -0.4 is 0 Å². The molecule has 0 fully saturated rings. The van der Waals surface area contributed by atoms with Crippen LogP contribution >= 0.6 is 0 Å². The van der Waals surface area contributed by atoms with Gasteiger partial charge in [-0.15, -0.1) is 0 Å². The van der Waals surface area contributed by atoms with E-state index in [0.29, 0.717) is 0 Å². The molecule has 0 aromatic heterocycles. The Bertz CT molecular complexity index is 175. The maximum Gasteiger partial charge on any atom is 0.106 e. The quantitative estimate of drug-likeness (QED) is 0.435. The zero-order chi connectivity index (χ0) is 8.10. The van der Waals surface area contributed by atoms with Gasteiger partial charge in [-0.2, -0.15) is 0 Å². The van der Waals surface area contributed by atoms with E-state index in [2.05, 4.69) is 28.0 Å². The molecule has 0 N–H and O–H groups in total. The second-order valence-electron chi connectivity index (χ2n) is 2.72. The van der Waals surface area contributed by atoms with Crippen molar-refractivity contribution in [3.05, 3.63) is 11.6 Å². The summed E-state index contributed by atoms with van der Waals surface area (Å²) in [7, 11) is 3.66. The average molecular weight is 154 g/mol. The molecule has 0 radical (unpaired) electrons. The summed E-state index contributed by atoms with van der Waals surface area (Å²) in [5, 5.41) is 3.71. The van der Waals surface area contributed by atoms with Gasteiger partial charge in [0.15, 0.2) is 0 Å². The molecule has 3 heteroatoms. The lowest BCUT2D eigenvalue weighted by molar-refractivity contribution is 0.215. The highest BCUT2D eigenvalue weighted by atomic mass is 16.6. The van der Waals surface area contributed by atoms with Crippen molar-refractivity contribution in [1.29, 1.82) is 0 Å². The monoisotopic (exact) mass is 154 g/mol. The van der Waals surface area contributed by atoms with Crippen molar-refractivity contribution in [3.63, 3.8) is 0 Å². The standard InChI is InChI=1S/C8H14N2O/c1-10-5-3-4-8(7-10)6-9-11-2/h4,6H,3,5,7H2,1-2H3/b9-6-. The zero-order valence-corrected chi connectivity index (χ0v) is 7.08. The number of rotatable bonds is 2. The van der Waals surface area contributed by atoms with Crippen molar-refractivity contribution in [1.82, 2.24) is 4.90 Å². The van der Waals surface area contributed by atoms with Gasteiger partial charge in [-0.05, 0) is 19.0 Å². The van der Waals surface area contributed by atoms with Gasteiger partial charge >= 0.3 is 0 Å². The first-order valence-corrected chi connectivity index (χ1v) is 3.77. The second kappa shape index (κ2) is 4.13. The highest BCUT2D eigenvalue weighted by Crippen LogP contribution is 2.04. The summed E-state index contributed by atoms with van der Waals surface area (Å²) in [6.07, 6.45) is 5.08. The van der Waals surface area contributed by atoms with Crippen LogP contribution in [0.4, 0.5) is 0 Å². The molecule has 1 aliphatic heterocycles. The molecular formula is C8H14N2O. The molecule has 0 aliphatic carbocycles. The van der Waals surface area contributed by atoms with Crippen LogP contribution in [0.15, 0.2) is 16.8 Å². The minimum atomic E-state index is 0.979. The van der Waals surface area contributed by atoms with Crippen LogP contribution in [0.1, 0.15) is 6.42 Å². The predicted molar refractivity (Wildman–Crippen MR) is 45.7 cm³/mol. The smallest absolute Gasteiger partial charge is 0.106 e. The molecule has 1 rings (SSSR count). The summed E-state index contributed by atoms with van der Waals surface area (Å²) < 4.78 is 0. The molecule has 3 nitrogen and oxygen atoms in total. The minimum Gasteiger partial charge on any atom is -0.399 e. The van der Waals surface area contributed by atoms with Crippen molar-refractivity contribution in [3.8, 4) is 0 Å². The summed E-state index contributed by atoms with van der Waals surface area (Å²) >= 11 is 0. The third kappa shape index (κ3) is 2.72. The highest BCUT2D eigenvalue weighted by Gasteiger charge is 2.05. The van der Waals surface area contributed by atoms with Crippen molar-refractivity contribution in [2.24, 2.45) is 5.16 Å². The number of nitrogens with zero attached hydrogens (tertiary/aromatic N) is 2. The van der Waals surface area contributed by atoms with E-state index in [1.807, 2.05) is 0 Å². The molecule has 0 saturated carbocycles. The molecule has 0 spiro atoms. The first-order chi connectivity index (χ1) is 5.33. The predicted octanol–water partition coefficient (Wildman–Crippen LogP) is 0.881. The molecule has 0 amide bonds. The van der Waals surface area contributed by atoms with E-state index >= 15 is 0 Å². The second-order valence-corrected chi connectivity index (χ2v) is 2.72. The highest BCUT2D eigenvalue weighted by molar-refractivity contribution is 5.78. The van der Waals surface area contributed by atoms with E-state index in [0.717, 1.165) is 19.5 Å². The third-order valence-electron chi connectivity index (χ3n) is 1.69. The Balaban J connectivity index is 2.44. The summed E-state index contributed by atoms with van der Waals surface area (Å²) in [4.78, 5) is 6.85. The van der Waals surface area contributed by atoms with E-state index in [9.17, 15) is 0 Å². The molecular weight excluding hydrogens is 140 g/mol. The Labute approximate surface area is 67.3 Å². The summed E-state index contributed by atoms with van der Waals surface area (Å²) in [5.74, 6) is 0. The van der Waals surface area contributed by atoms with Gasteiger partial charge in [-0.3, -0.25) is 0 Å². The van der Waals surface area contributed by atoms with Gasteiger partial charge in [-0.25, -0.2) is 0 Å². The molecule has 11 heavy (non-hydrogen) atoms. The molecule has 0 aromatic carbocycles. The largest absolute Gasteiger partial charge is 0.399 e. The Morgan fingerprint density at radius 1 is 1.73 bits per heavy atom. The number of oxime groups is 1. The van der Waals surface area contributed by atoms with E-state index in [4.69, 9.17) is 0 Å². The van der Waals surface area contributed by atoms with Crippen LogP contribution in [0.2, 0.25) is 0 Å². The van der Waals surface area contributed by atoms with Gasteiger partial charge in [0.2, 0.25) is 0 Å². The Hall–Kier alpha value is -0.830. The molecule has 0 saturated heterocycles. The van der Waals surface area contributed by atoms with Gasteiger partial charge in [-0.1, -0.05) is 11.2 Å². The van der Waals surface area contributed by atoms with Crippen molar-refractivity contribution >= 4 is 6.21 Å².